The normalized spacial score (nSPS) is 14.0. The molecule has 0 amide bonds. The zero-order valence-corrected chi connectivity index (χ0v) is 18.4. The average molecular weight is 515 g/mol. The van der Waals surface area contributed by atoms with Crippen LogP contribution in [0.4, 0.5) is 11.6 Å². The van der Waals surface area contributed by atoms with Gasteiger partial charge in [0, 0.05) is 0 Å². The molecule has 152 valence electrons. The summed E-state index contributed by atoms with van der Waals surface area (Å²) < 4.78 is 71.9. The van der Waals surface area contributed by atoms with E-state index < -0.39 is 32.4 Å². The first-order valence-electron chi connectivity index (χ1n) is 8.34. The standard InChI is InChI=1S/C19H23F3IO3S/c1-13(2)15-5-9-17(10-6-15)23(22,19(20,21)27(24,25)26)18-11-7-16(8-12-18)14(3)4/h5-14H,1-4H3,(H,24,25,26)/q-1. The molecule has 0 atom stereocenters. The molecule has 0 saturated heterocycles. The number of rotatable bonds is 6. The van der Waals surface area contributed by atoms with Crippen LogP contribution in [0.3, 0.4) is 0 Å². The van der Waals surface area contributed by atoms with Crippen LogP contribution < -0.4 is 19.0 Å². The fourth-order valence-electron chi connectivity index (χ4n) is 2.56. The van der Waals surface area contributed by atoms with Gasteiger partial charge < -0.3 is 0 Å². The summed E-state index contributed by atoms with van der Waals surface area (Å²) in [7, 11) is -5.94. The van der Waals surface area contributed by atoms with Crippen molar-refractivity contribution < 1.29 is 43.6 Å². The van der Waals surface area contributed by atoms with Gasteiger partial charge in [0.2, 0.25) is 0 Å². The molecule has 0 heterocycles. The number of benzene rings is 2. The first-order valence-corrected chi connectivity index (χ1v) is 13.8. The summed E-state index contributed by atoms with van der Waals surface area (Å²) in [5, 5.41) is 0. The maximum absolute atomic E-state index is 16.1. The molecule has 0 saturated carbocycles. The number of alkyl halides is 3. The zero-order chi connectivity index (χ0) is 20.6. The molecule has 2 aromatic rings. The summed E-state index contributed by atoms with van der Waals surface area (Å²) in [5.74, 6) is 0.208. The molecule has 0 aliphatic heterocycles. The van der Waals surface area contributed by atoms with E-state index in [4.69, 9.17) is 4.55 Å². The molecule has 0 aliphatic rings. The van der Waals surface area contributed by atoms with Crippen LogP contribution in [-0.4, -0.2) is 16.2 Å². The van der Waals surface area contributed by atoms with E-state index in [9.17, 15) is 17.2 Å². The van der Waals surface area contributed by atoms with Crippen LogP contribution in [0.5, 0.6) is 0 Å². The number of hydrogen-bond acceptors (Lipinski definition) is 2. The number of halogens is 4. The Morgan fingerprint density at radius 1 is 0.815 bits per heavy atom. The summed E-state index contributed by atoms with van der Waals surface area (Å²) in [6.07, 6.45) is 0. The summed E-state index contributed by atoms with van der Waals surface area (Å²) in [5.41, 5.74) is 1.63. The second-order valence-electron chi connectivity index (χ2n) is 6.83. The third-order valence-corrected chi connectivity index (χ3v) is 14.6. The Morgan fingerprint density at radius 3 is 1.33 bits per heavy atom. The Balaban J connectivity index is 2.72. The van der Waals surface area contributed by atoms with Crippen molar-refractivity contribution in [1.82, 2.24) is 0 Å². The Labute approximate surface area is 163 Å². The molecular weight excluding hydrogens is 492 g/mol. The maximum atomic E-state index is 16.1. The van der Waals surface area contributed by atoms with Gasteiger partial charge in [-0.3, -0.25) is 0 Å². The van der Waals surface area contributed by atoms with Gasteiger partial charge in [0.05, 0.1) is 0 Å². The molecule has 0 fully saturated rings. The van der Waals surface area contributed by atoms with Crippen molar-refractivity contribution in [3.8, 4) is 0 Å². The van der Waals surface area contributed by atoms with Crippen LogP contribution in [0, 0.1) is 7.14 Å². The third kappa shape index (κ3) is 4.02. The molecule has 0 radical (unpaired) electrons. The Morgan fingerprint density at radius 2 is 1.11 bits per heavy atom. The van der Waals surface area contributed by atoms with E-state index in [-0.39, 0.29) is 19.0 Å². The fraction of sp³-hybridized carbons (Fsp3) is 0.368. The summed E-state index contributed by atoms with van der Waals surface area (Å²) >= 11 is -6.22. The molecule has 8 heteroatoms. The van der Waals surface area contributed by atoms with Gasteiger partial charge in [-0.1, -0.05) is 0 Å². The van der Waals surface area contributed by atoms with Gasteiger partial charge in [0.1, 0.15) is 0 Å². The Bertz CT molecular complexity index is 841. The predicted molar refractivity (Wildman–Crippen MR) is 96.1 cm³/mol. The number of hydrogen-bond donors (Lipinski definition) is 1. The van der Waals surface area contributed by atoms with Crippen LogP contribution in [0.25, 0.3) is 0 Å². The van der Waals surface area contributed by atoms with Crippen molar-refractivity contribution in [3.63, 3.8) is 0 Å². The monoisotopic (exact) mass is 515 g/mol. The van der Waals surface area contributed by atoms with Gasteiger partial charge >= 0.3 is 163 Å². The SMILES string of the molecule is CC(C)c1ccc([I-](F)(c2ccc(C(C)C)cc2)C(F)(F)S(=O)(=O)O)cc1. The second-order valence-corrected chi connectivity index (χ2v) is 15.7. The zero-order valence-electron chi connectivity index (χ0n) is 15.5. The first-order chi connectivity index (χ1) is 12.3. The van der Waals surface area contributed by atoms with Crippen LogP contribution >= 0.6 is 0 Å². The molecule has 27 heavy (non-hydrogen) atoms. The molecule has 3 nitrogen and oxygen atoms in total. The third-order valence-electron chi connectivity index (χ3n) is 4.27. The molecule has 0 aromatic heterocycles. The van der Waals surface area contributed by atoms with Gasteiger partial charge in [-0.05, 0) is 0 Å². The fourth-order valence-corrected chi connectivity index (χ4v) is 11.2. The van der Waals surface area contributed by atoms with Crippen LogP contribution in [0.2, 0.25) is 0 Å². The summed E-state index contributed by atoms with van der Waals surface area (Å²) in [6, 6.07) is 10.9. The van der Waals surface area contributed by atoms with Crippen LogP contribution in [-0.2, 0) is 10.1 Å². The van der Waals surface area contributed by atoms with E-state index in [0.717, 1.165) is 11.1 Å². The molecule has 1 N–H and O–H groups in total. The quantitative estimate of drug-likeness (QED) is 0.366. The molecule has 0 bridgehead atoms. The summed E-state index contributed by atoms with van der Waals surface area (Å²) in [6.45, 7) is 7.60. The van der Waals surface area contributed by atoms with Crippen molar-refractivity contribution in [2.75, 3.05) is 0 Å². The minimum atomic E-state index is -6.22. The van der Waals surface area contributed by atoms with Gasteiger partial charge in [0.25, 0.3) is 0 Å². The molecule has 0 unspecified atom stereocenters. The van der Waals surface area contributed by atoms with Gasteiger partial charge in [-0.25, -0.2) is 0 Å². The topological polar surface area (TPSA) is 54.4 Å². The van der Waals surface area contributed by atoms with E-state index in [0.29, 0.717) is 0 Å². The van der Waals surface area contributed by atoms with Gasteiger partial charge in [-0.2, -0.15) is 0 Å². The van der Waals surface area contributed by atoms with E-state index in [1.54, 1.807) is 0 Å². The molecule has 2 aromatic carbocycles. The minimum absolute atomic E-state index is 0.104. The Hall–Kier alpha value is -1.13. The van der Waals surface area contributed by atoms with Gasteiger partial charge in [-0.15, -0.1) is 0 Å². The average Bonchev–Trinajstić information content (AvgIpc) is 2.60. The van der Waals surface area contributed by atoms with Crippen molar-refractivity contribution in [2.45, 2.75) is 42.8 Å². The summed E-state index contributed by atoms with van der Waals surface area (Å²) in [4.78, 5) is 0. The molecule has 0 spiro atoms. The Kier molecular flexibility index (Phi) is 6.33. The van der Waals surface area contributed by atoms with E-state index in [1.807, 2.05) is 27.7 Å². The van der Waals surface area contributed by atoms with Crippen molar-refractivity contribution >= 4 is 10.1 Å². The van der Waals surface area contributed by atoms with E-state index >= 15 is 2.86 Å². The van der Waals surface area contributed by atoms with Crippen molar-refractivity contribution in [3.05, 3.63) is 66.8 Å². The van der Waals surface area contributed by atoms with Crippen molar-refractivity contribution in [2.24, 2.45) is 0 Å². The second kappa shape index (κ2) is 7.71. The molecular formula is C19H23F3IO3S-. The predicted octanol–water partition coefficient (Wildman–Crippen LogP) is 2.46. The van der Waals surface area contributed by atoms with Crippen LogP contribution in [0.15, 0.2) is 48.5 Å². The van der Waals surface area contributed by atoms with Crippen molar-refractivity contribution in [1.29, 1.82) is 0 Å². The van der Waals surface area contributed by atoms with E-state index in [1.165, 1.54) is 48.5 Å². The molecule has 0 aliphatic carbocycles. The first kappa shape index (κ1) is 22.2. The van der Waals surface area contributed by atoms with Gasteiger partial charge in [0.15, 0.2) is 0 Å². The van der Waals surface area contributed by atoms with E-state index in [2.05, 4.69) is 0 Å². The van der Waals surface area contributed by atoms with Crippen LogP contribution in [0.1, 0.15) is 50.7 Å². The molecule has 2 rings (SSSR count).